The van der Waals surface area contributed by atoms with Crippen molar-refractivity contribution in [3.63, 3.8) is 0 Å². The molecule has 0 aromatic carbocycles. The fraction of sp³-hybridized carbons (Fsp3) is 0.462. The number of nitrogens with zero attached hydrogens (tertiary/aromatic N) is 4. The molecule has 6 nitrogen and oxygen atoms in total. The van der Waals surface area contributed by atoms with Crippen molar-refractivity contribution in [3.05, 3.63) is 34.4 Å². The van der Waals surface area contributed by atoms with Crippen LogP contribution >= 0.6 is 11.6 Å². The molecule has 0 aliphatic rings. The van der Waals surface area contributed by atoms with Crippen LogP contribution in [0.4, 0.5) is 13.2 Å². The van der Waals surface area contributed by atoms with E-state index in [-0.39, 0.29) is 18.1 Å². The largest absolute Gasteiger partial charge is 0.436 e. The van der Waals surface area contributed by atoms with Crippen molar-refractivity contribution >= 4 is 17.5 Å². The Morgan fingerprint density at radius 2 is 2.13 bits per heavy atom. The minimum Gasteiger partial charge on any atom is -0.352 e. The predicted octanol–water partition coefficient (Wildman–Crippen LogP) is 2.42. The van der Waals surface area contributed by atoms with E-state index in [9.17, 15) is 18.0 Å². The summed E-state index contributed by atoms with van der Waals surface area (Å²) in [5.74, 6) is -0.288. The molecule has 0 unspecified atom stereocenters. The second-order valence-corrected chi connectivity index (χ2v) is 5.36. The molecule has 0 radical (unpaired) electrons. The highest BCUT2D eigenvalue weighted by atomic mass is 35.5. The smallest absolute Gasteiger partial charge is 0.352 e. The molecule has 0 atom stereocenters. The number of carbonyl (C=O) groups excluding carboxylic acids is 1. The molecule has 0 spiro atoms. The fourth-order valence-electron chi connectivity index (χ4n) is 1.99. The van der Waals surface area contributed by atoms with Gasteiger partial charge in [0.15, 0.2) is 5.69 Å². The van der Waals surface area contributed by atoms with Crippen molar-refractivity contribution in [3.8, 4) is 0 Å². The number of halogens is 4. The van der Waals surface area contributed by atoms with Gasteiger partial charge in [0.2, 0.25) is 0 Å². The van der Waals surface area contributed by atoms with Gasteiger partial charge in [-0.15, -0.1) is 0 Å². The maximum absolute atomic E-state index is 12.7. The summed E-state index contributed by atoms with van der Waals surface area (Å²) >= 11 is 5.66. The first kappa shape index (κ1) is 17.3. The number of aryl methyl sites for hydroxylation is 2. The third-order valence-corrected chi connectivity index (χ3v) is 3.65. The van der Waals surface area contributed by atoms with Gasteiger partial charge in [-0.25, -0.2) is 0 Å². The van der Waals surface area contributed by atoms with Crippen LogP contribution in [-0.2, 0) is 19.8 Å². The summed E-state index contributed by atoms with van der Waals surface area (Å²) in [6.45, 7) is 1.99. The Morgan fingerprint density at radius 3 is 2.65 bits per heavy atom. The summed E-state index contributed by atoms with van der Waals surface area (Å²) in [5.41, 5.74) is -0.418. The number of hydrogen-bond acceptors (Lipinski definition) is 3. The zero-order valence-corrected chi connectivity index (χ0v) is 13.2. The van der Waals surface area contributed by atoms with E-state index in [1.807, 2.05) is 0 Å². The minimum absolute atomic E-state index is 0.217. The summed E-state index contributed by atoms with van der Waals surface area (Å²) in [7, 11) is 1.69. The van der Waals surface area contributed by atoms with Gasteiger partial charge in [-0.05, 0) is 13.3 Å². The minimum atomic E-state index is -4.58. The average molecular weight is 350 g/mol. The van der Waals surface area contributed by atoms with E-state index in [0.717, 1.165) is 0 Å². The van der Waals surface area contributed by atoms with Crippen LogP contribution in [-0.4, -0.2) is 32.0 Å². The van der Waals surface area contributed by atoms with Gasteiger partial charge in [-0.3, -0.25) is 14.2 Å². The molecule has 0 saturated heterocycles. The quantitative estimate of drug-likeness (QED) is 0.843. The summed E-state index contributed by atoms with van der Waals surface area (Å²) in [4.78, 5) is 11.8. The van der Waals surface area contributed by atoms with E-state index in [1.165, 1.54) is 22.5 Å². The van der Waals surface area contributed by atoms with E-state index in [4.69, 9.17) is 11.6 Å². The van der Waals surface area contributed by atoms with E-state index in [0.29, 0.717) is 18.5 Å². The van der Waals surface area contributed by atoms with Crippen molar-refractivity contribution < 1.29 is 18.0 Å². The highest BCUT2D eigenvalue weighted by Crippen LogP contribution is 2.35. The number of hydrogen-bond donors (Lipinski definition) is 1. The molecule has 2 heterocycles. The van der Waals surface area contributed by atoms with Crippen LogP contribution in [0.1, 0.15) is 28.2 Å². The van der Waals surface area contributed by atoms with Crippen LogP contribution in [0.2, 0.25) is 5.02 Å². The average Bonchev–Trinajstić information content (AvgIpc) is 3.01. The van der Waals surface area contributed by atoms with Crippen LogP contribution in [0.15, 0.2) is 12.4 Å². The van der Waals surface area contributed by atoms with Crippen LogP contribution in [0.5, 0.6) is 0 Å². The highest BCUT2D eigenvalue weighted by Gasteiger charge is 2.38. The summed E-state index contributed by atoms with van der Waals surface area (Å²) in [6, 6.07) is 0. The SMILES string of the molecule is Cc1c(Cl)c(C(F)(F)F)nn1CCCNC(=O)c1cnn(C)c1. The van der Waals surface area contributed by atoms with Crippen LogP contribution < -0.4 is 5.32 Å². The van der Waals surface area contributed by atoms with Gasteiger partial charge >= 0.3 is 6.18 Å². The predicted molar refractivity (Wildman–Crippen MR) is 77.1 cm³/mol. The highest BCUT2D eigenvalue weighted by molar-refractivity contribution is 6.31. The van der Waals surface area contributed by atoms with Gasteiger partial charge in [0.05, 0.1) is 22.5 Å². The van der Waals surface area contributed by atoms with Crippen LogP contribution in [0.25, 0.3) is 0 Å². The molecule has 1 N–H and O–H groups in total. The molecule has 10 heteroatoms. The Morgan fingerprint density at radius 1 is 1.43 bits per heavy atom. The molecule has 2 rings (SSSR count). The van der Waals surface area contributed by atoms with Crippen molar-refractivity contribution in [2.24, 2.45) is 7.05 Å². The number of amides is 1. The third kappa shape index (κ3) is 4.04. The molecular formula is C13H15ClF3N5O. The number of alkyl halides is 3. The first-order chi connectivity index (χ1) is 10.7. The number of rotatable bonds is 5. The summed E-state index contributed by atoms with van der Waals surface area (Å²) in [6.07, 6.45) is -1.16. The lowest BCUT2D eigenvalue weighted by Gasteiger charge is -2.06. The van der Waals surface area contributed by atoms with E-state index in [2.05, 4.69) is 15.5 Å². The van der Waals surface area contributed by atoms with Gasteiger partial charge < -0.3 is 5.32 Å². The van der Waals surface area contributed by atoms with Gasteiger partial charge in [0.25, 0.3) is 5.91 Å². The van der Waals surface area contributed by atoms with Gasteiger partial charge in [-0.2, -0.15) is 23.4 Å². The Labute approximate surface area is 135 Å². The Kier molecular flexibility index (Phi) is 4.98. The lowest BCUT2D eigenvalue weighted by atomic mass is 10.3. The first-order valence-electron chi connectivity index (χ1n) is 6.77. The lowest BCUT2D eigenvalue weighted by Crippen LogP contribution is -2.25. The second-order valence-electron chi connectivity index (χ2n) is 4.98. The monoisotopic (exact) mass is 349 g/mol. The fourth-order valence-corrected chi connectivity index (χ4v) is 2.24. The number of nitrogens with one attached hydrogen (secondary N) is 1. The second kappa shape index (κ2) is 6.61. The first-order valence-corrected chi connectivity index (χ1v) is 7.15. The molecule has 2 aromatic heterocycles. The van der Waals surface area contributed by atoms with Crippen molar-refractivity contribution in [1.82, 2.24) is 24.9 Å². The maximum Gasteiger partial charge on any atom is 0.436 e. The van der Waals surface area contributed by atoms with Crippen LogP contribution in [0, 0.1) is 6.92 Å². The Hall–Kier alpha value is -2.03. The summed E-state index contributed by atoms with van der Waals surface area (Å²) < 4.78 is 40.8. The molecule has 0 aliphatic carbocycles. The molecule has 0 aliphatic heterocycles. The lowest BCUT2D eigenvalue weighted by molar-refractivity contribution is -0.141. The molecular weight excluding hydrogens is 335 g/mol. The topological polar surface area (TPSA) is 64.7 Å². The molecule has 23 heavy (non-hydrogen) atoms. The van der Waals surface area contributed by atoms with E-state index < -0.39 is 16.9 Å². The molecule has 2 aromatic rings. The van der Waals surface area contributed by atoms with Gasteiger partial charge in [0, 0.05) is 26.3 Å². The molecule has 1 amide bonds. The van der Waals surface area contributed by atoms with Crippen molar-refractivity contribution in [2.45, 2.75) is 26.1 Å². The number of carbonyl (C=O) groups is 1. The normalized spacial score (nSPS) is 11.7. The maximum atomic E-state index is 12.7. The van der Waals surface area contributed by atoms with Crippen molar-refractivity contribution in [2.75, 3.05) is 6.54 Å². The van der Waals surface area contributed by atoms with E-state index >= 15 is 0 Å². The Balaban J connectivity index is 1.88. The zero-order chi connectivity index (χ0) is 17.2. The van der Waals surface area contributed by atoms with Crippen molar-refractivity contribution in [1.29, 1.82) is 0 Å². The standard InChI is InChI=1S/C13H15ClF3N5O/c1-8-10(14)11(13(15,16)17)20-22(8)5-3-4-18-12(23)9-6-19-21(2)7-9/h6-7H,3-5H2,1-2H3,(H,18,23). The Bertz CT molecular complexity index is 707. The molecule has 126 valence electrons. The third-order valence-electron chi connectivity index (χ3n) is 3.20. The van der Waals surface area contributed by atoms with Gasteiger partial charge in [0.1, 0.15) is 0 Å². The van der Waals surface area contributed by atoms with Crippen LogP contribution in [0.3, 0.4) is 0 Å². The van der Waals surface area contributed by atoms with Gasteiger partial charge in [-0.1, -0.05) is 11.6 Å². The molecule has 0 saturated carbocycles. The zero-order valence-electron chi connectivity index (χ0n) is 12.5. The van der Waals surface area contributed by atoms with E-state index in [1.54, 1.807) is 13.2 Å². The number of aromatic nitrogens is 4. The summed E-state index contributed by atoms with van der Waals surface area (Å²) in [5, 5.41) is 9.65. The molecule has 0 bridgehead atoms. The molecule has 0 fully saturated rings.